The predicted octanol–water partition coefficient (Wildman–Crippen LogP) is 11.4. The highest BCUT2D eigenvalue weighted by Crippen LogP contribution is 2.45. The van der Waals surface area contributed by atoms with Gasteiger partial charge in [-0.05, 0) is 96.5 Å². The van der Waals surface area contributed by atoms with Crippen LogP contribution >= 0.6 is 0 Å². The van der Waals surface area contributed by atoms with Crippen molar-refractivity contribution in [1.29, 1.82) is 0 Å². The maximum Gasteiger partial charge on any atom is 0.0836 e. The Kier molecular flexibility index (Phi) is 13.0. The smallest absolute Gasteiger partial charge is 0.0836 e. The van der Waals surface area contributed by atoms with Crippen molar-refractivity contribution in [2.45, 2.75) is 79.1 Å². The lowest BCUT2D eigenvalue weighted by Crippen LogP contribution is -2.25. The Morgan fingerprint density at radius 2 is 0.771 bits per heavy atom. The molecule has 0 N–H and O–H groups in total. The number of hydrogen-bond acceptors (Lipinski definition) is 2. The number of benzene rings is 4. The summed E-state index contributed by atoms with van der Waals surface area (Å²) in [6.07, 6.45) is 9.67. The third-order valence-electron chi connectivity index (χ3n) is 9.19. The minimum Gasteiger partial charge on any atom is -0.372 e. The number of hydrogen-bond donors (Lipinski definition) is 0. The number of fused-ring (bicyclic) bond motifs is 3. The standard InChI is InChI=1S/C46H52N2/c1-5-9-33-47(34-10-6-2)40-29-23-37(24-30-40)21-27-39(46-44-19-15-13-17-42(44)43-18-14-16-20-45(43)46)28-22-38-25-31-41(32-26-38)48(35-11-7-3)36-12-8-4/h13-20,23-26,29-32H,5-12,33-36H2,1-4H3. The van der Waals surface area contributed by atoms with Crippen LogP contribution in [0.5, 0.6) is 0 Å². The van der Waals surface area contributed by atoms with Gasteiger partial charge < -0.3 is 9.80 Å². The summed E-state index contributed by atoms with van der Waals surface area (Å²) in [5, 5.41) is 0. The van der Waals surface area contributed by atoms with Crippen LogP contribution in [0.15, 0.2) is 103 Å². The Bertz CT molecular complexity index is 1620. The first-order chi connectivity index (χ1) is 23.7. The van der Waals surface area contributed by atoms with Gasteiger partial charge in [-0.25, -0.2) is 0 Å². The molecule has 0 aliphatic heterocycles. The molecule has 4 aromatic rings. The molecule has 1 aliphatic rings. The SMILES string of the molecule is CCCCN(CCCC)c1ccc(C#CC(C#Cc2ccc(N(CCCC)CCCC)cc2)=C2c3ccccc3-c3ccccc32)cc1. The van der Waals surface area contributed by atoms with Gasteiger partial charge in [-0.15, -0.1) is 0 Å². The molecule has 4 aromatic carbocycles. The van der Waals surface area contributed by atoms with E-state index in [9.17, 15) is 0 Å². The lowest BCUT2D eigenvalue weighted by Gasteiger charge is -2.24. The van der Waals surface area contributed by atoms with E-state index in [0.29, 0.717) is 0 Å². The largest absolute Gasteiger partial charge is 0.372 e. The quantitative estimate of drug-likeness (QED) is 0.112. The first-order valence-corrected chi connectivity index (χ1v) is 18.3. The van der Waals surface area contributed by atoms with E-state index >= 15 is 0 Å². The van der Waals surface area contributed by atoms with E-state index in [0.717, 1.165) is 48.5 Å². The van der Waals surface area contributed by atoms with E-state index in [1.807, 2.05) is 0 Å². The summed E-state index contributed by atoms with van der Waals surface area (Å²) in [4.78, 5) is 5.04. The second-order valence-electron chi connectivity index (χ2n) is 12.8. The minimum atomic E-state index is 0.862. The molecule has 0 radical (unpaired) electrons. The second kappa shape index (κ2) is 18.0. The van der Waals surface area contributed by atoms with Gasteiger partial charge in [0, 0.05) is 54.3 Å². The number of unbranched alkanes of at least 4 members (excludes halogenated alkanes) is 4. The van der Waals surface area contributed by atoms with Crippen LogP contribution < -0.4 is 9.80 Å². The normalized spacial score (nSPS) is 11.1. The van der Waals surface area contributed by atoms with Crippen molar-refractivity contribution in [3.05, 3.63) is 125 Å². The highest BCUT2D eigenvalue weighted by Gasteiger charge is 2.24. The lowest BCUT2D eigenvalue weighted by molar-refractivity contribution is 0.678. The Morgan fingerprint density at radius 3 is 1.10 bits per heavy atom. The van der Waals surface area contributed by atoms with Crippen molar-refractivity contribution in [3.63, 3.8) is 0 Å². The fraction of sp³-hybridized carbons (Fsp3) is 0.348. The van der Waals surface area contributed by atoms with Gasteiger partial charge >= 0.3 is 0 Å². The van der Waals surface area contributed by atoms with E-state index in [-0.39, 0.29) is 0 Å². The first-order valence-electron chi connectivity index (χ1n) is 18.3. The van der Waals surface area contributed by atoms with E-state index in [1.165, 1.54) is 85.0 Å². The zero-order valence-electron chi connectivity index (χ0n) is 29.6. The van der Waals surface area contributed by atoms with Crippen LogP contribution in [0, 0.1) is 23.7 Å². The van der Waals surface area contributed by atoms with Crippen molar-refractivity contribution in [1.82, 2.24) is 0 Å². The summed E-state index contributed by atoms with van der Waals surface area (Å²) in [7, 11) is 0. The van der Waals surface area contributed by atoms with Crippen LogP contribution in [0.1, 0.15) is 101 Å². The Balaban J connectivity index is 1.51. The molecule has 0 aromatic heterocycles. The molecule has 48 heavy (non-hydrogen) atoms. The minimum absolute atomic E-state index is 0.862. The Hall–Kier alpha value is -4.66. The summed E-state index contributed by atoms with van der Waals surface area (Å²) >= 11 is 0. The van der Waals surface area contributed by atoms with E-state index < -0.39 is 0 Å². The molecular weight excluding hydrogens is 581 g/mol. The number of allylic oxidation sites excluding steroid dienone is 1. The molecule has 246 valence electrons. The zero-order chi connectivity index (χ0) is 33.6. The van der Waals surface area contributed by atoms with E-state index in [4.69, 9.17) is 0 Å². The van der Waals surface area contributed by atoms with Crippen molar-refractivity contribution in [3.8, 4) is 34.8 Å². The molecule has 0 saturated heterocycles. The summed E-state index contributed by atoms with van der Waals surface area (Å²) < 4.78 is 0. The van der Waals surface area contributed by atoms with Crippen LogP contribution in [-0.2, 0) is 0 Å². The monoisotopic (exact) mass is 632 g/mol. The summed E-state index contributed by atoms with van der Waals surface area (Å²) in [6.45, 7) is 13.4. The second-order valence-corrected chi connectivity index (χ2v) is 12.8. The van der Waals surface area contributed by atoms with Gasteiger partial charge in [-0.3, -0.25) is 0 Å². The number of nitrogens with zero attached hydrogens (tertiary/aromatic N) is 2. The highest BCUT2D eigenvalue weighted by atomic mass is 15.1. The zero-order valence-corrected chi connectivity index (χ0v) is 29.6. The van der Waals surface area contributed by atoms with Gasteiger partial charge in [-0.2, -0.15) is 0 Å². The van der Waals surface area contributed by atoms with Crippen molar-refractivity contribution < 1.29 is 0 Å². The molecule has 0 heterocycles. The van der Waals surface area contributed by atoms with Gasteiger partial charge in [0.15, 0.2) is 0 Å². The molecule has 2 nitrogen and oxygen atoms in total. The molecule has 5 rings (SSSR count). The molecule has 0 unspecified atom stereocenters. The summed E-state index contributed by atoms with van der Waals surface area (Å²) in [5.74, 6) is 14.1. The third kappa shape index (κ3) is 8.82. The maximum atomic E-state index is 3.56. The van der Waals surface area contributed by atoms with E-state index in [1.54, 1.807) is 0 Å². The fourth-order valence-electron chi connectivity index (χ4n) is 6.36. The van der Waals surface area contributed by atoms with Gasteiger partial charge in [0.05, 0.1) is 5.57 Å². The van der Waals surface area contributed by atoms with Gasteiger partial charge in [0.25, 0.3) is 0 Å². The van der Waals surface area contributed by atoms with Gasteiger partial charge in [0.1, 0.15) is 0 Å². The van der Waals surface area contributed by atoms with Crippen LogP contribution in [-0.4, -0.2) is 26.2 Å². The maximum absolute atomic E-state index is 3.56. The molecular formula is C46H52N2. The molecule has 0 fully saturated rings. The Morgan fingerprint density at radius 1 is 0.438 bits per heavy atom. The summed E-state index contributed by atoms with van der Waals surface area (Å²) in [5.41, 5.74) is 11.5. The molecule has 0 bridgehead atoms. The fourth-order valence-corrected chi connectivity index (χ4v) is 6.36. The van der Waals surface area contributed by atoms with Crippen LogP contribution in [0.2, 0.25) is 0 Å². The van der Waals surface area contributed by atoms with Crippen LogP contribution in [0.3, 0.4) is 0 Å². The third-order valence-corrected chi connectivity index (χ3v) is 9.19. The summed E-state index contributed by atoms with van der Waals surface area (Å²) in [6, 6.07) is 34.9. The topological polar surface area (TPSA) is 6.48 Å². The van der Waals surface area contributed by atoms with Crippen LogP contribution in [0.4, 0.5) is 11.4 Å². The number of anilines is 2. The van der Waals surface area contributed by atoms with Crippen molar-refractivity contribution in [2.24, 2.45) is 0 Å². The first kappa shape index (κ1) is 34.7. The molecule has 0 spiro atoms. The number of rotatable bonds is 14. The molecule has 0 amide bonds. The van der Waals surface area contributed by atoms with Gasteiger partial charge in [-0.1, -0.05) is 126 Å². The molecule has 0 saturated carbocycles. The molecule has 0 atom stereocenters. The van der Waals surface area contributed by atoms with E-state index in [2.05, 4.69) is 158 Å². The van der Waals surface area contributed by atoms with Crippen LogP contribution in [0.25, 0.3) is 16.7 Å². The molecule has 2 heteroatoms. The van der Waals surface area contributed by atoms with Crippen molar-refractivity contribution >= 4 is 16.9 Å². The Labute approximate surface area is 290 Å². The molecule has 1 aliphatic carbocycles. The average molecular weight is 633 g/mol. The average Bonchev–Trinajstić information content (AvgIpc) is 3.47. The van der Waals surface area contributed by atoms with Crippen molar-refractivity contribution in [2.75, 3.05) is 36.0 Å². The lowest BCUT2D eigenvalue weighted by atomic mass is 9.97. The predicted molar refractivity (Wildman–Crippen MR) is 209 cm³/mol. The van der Waals surface area contributed by atoms with Gasteiger partial charge in [0.2, 0.25) is 0 Å². The highest BCUT2D eigenvalue weighted by molar-refractivity contribution is 6.04.